The molecule has 2 aromatic rings. The predicted molar refractivity (Wildman–Crippen MR) is 103 cm³/mol. The number of rotatable bonds is 7. The Labute approximate surface area is 167 Å². The van der Waals surface area contributed by atoms with Crippen LogP contribution in [0.3, 0.4) is 0 Å². The molecule has 0 spiro atoms. The molecule has 2 heterocycles. The van der Waals surface area contributed by atoms with Crippen molar-refractivity contribution in [2.45, 2.75) is 32.1 Å². The van der Waals surface area contributed by atoms with Gasteiger partial charge >= 0.3 is 5.97 Å². The van der Waals surface area contributed by atoms with Gasteiger partial charge in [-0.15, -0.1) is 0 Å². The third-order valence-electron chi connectivity index (χ3n) is 5.46. The van der Waals surface area contributed by atoms with Crippen LogP contribution >= 0.6 is 0 Å². The molecule has 2 aliphatic rings. The zero-order chi connectivity index (χ0) is 20.4. The number of aliphatic carboxylic acids is 1. The lowest BCUT2D eigenvalue weighted by Crippen LogP contribution is -2.35. The minimum atomic E-state index is -0.839. The molecule has 4 rings (SSSR count). The van der Waals surface area contributed by atoms with Gasteiger partial charge < -0.3 is 14.7 Å². The van der Waals surface area contributed by atoms with Gasteiger partial charge in [-0.2, -0.15) is 4.98 Å². The van der Waals surface area contributed by atoms with Crippen molar-refractivity contribution < 1.29 is 23.4 Å². The molecule has 0 unspecified atom stereocenters. The maximum Gasteiger partial charge on any atom is 0.303 e. The number of piperidine rings is 1. The predicted octanol–water partition coefficient (Wildman–Crippen LogP) is 3.90. The Morgan fingerprint density at radius 2 is 1.83 bits per heavy atom. The molecular formula is C21H23F2N3O3. The minimum absolute atomic E-state index is 0.0425. The van der Waals surface area contributed by atoms with Crippen LogP contribution in [0.4, 0.5) is 14.5 Å². The zero-order valence-electron chi connectivity index (χ0n) is 16.0. The highest BCUT2D eigenvalue weighted by Gasteiger charge is 2.26. The Morgan fingerprint density at radius 3 is 2.45 bits per heavy atom. The molecular weight excluding hydrogens is 380 g/mol. The van der Waals surface area contributed by atoms with Gasteiger partial charge in [0.2, 0.25) is 5.88 Å². The number of aromatic nitrogens is 2. The molecule has 1 aliphatic carbocycles. The Bertz CT molecular complexity index is 873. The first-order valence-corrected chi connectivity index (χ1v) is 9.91. The molecule has 1 aliphatic heterocycles. The number of halogens is 2. The molecule has 1 saturated carbocycles. The number of carboxylic acids is 1. The molecule has 1 saturated heterocycles. The monoisotopic (exact) mass is 403 g/mol. The van der Waals surface area contributed by atoms with E-state index in [2.05, 4.69) is 9.97 Å². The van der Waals surface area contributed by atoms with E-state index < -0.39 is 17.6 Å². The summed E-state index contributed by atoms with van der Waals surface area (Å²) in [6.45, 7) is 1.44. The SMILES string of the molecule is O=C(O)CC1CCN(c2c(F)cc(-c3nccc(OCC4CC4)n3)cc2F)CC1. The van der Waals surface area contributed by atoms with Crippen molar-refractivity contribution in [2.24, 2.45) is 11.8 Å². The fraction of sp³-hybridized carbons (Fsp3) is 0.476. The fourth-order valence-corrected chi connectivity index (χ4v) is 3.65. The average molecular weight is 403 g/mol. The van der Waals surface area contributed by atoms with Gasteiger partial charge in [-0.1, -0.05) is 0 Å². The molecule has 6 nitrogen and oxygen atoms in total. The van der Waals surface area contributed by atoms with Crippen molar-refractivity contribution in [3.63, 3.8) is 0 Å². The van der Waals surface area contributed by atoms with Crippen molar-refractivity contribution in [2.75, 3.05) is 24.6 Å². The number of hydrogen-bond acceptors (Lipinski definition) is 5. The van der Waals surface area contributed by atoms with E-state index >= 15 is 0 Å². The Hall–Kier alpha value is -2.77. The Balaban J connectivity index is 1.49. The first kappa shape index (κ1) is 19.5. The summed E-state index contributed by atoms with van der Waals surface area (Å²) in [7, 11) is 0. The van der Waals surface area contributed by atoms with Gasteiger partial charge in [0.15, 0.2) is 5.82 Å². The molecule has 2 fully saturated rings. The third kappa shape index (κ3) is 4.81. The lowest BCUT2D eigenvalue weighted by atomic mass is 9.93. The topological polar surface area (TPSA) is 75.5 Å². The second-order valence-electron chi connectivity index (χ2n) is 7.79. The van der Waals surface area contributed by atoms with Crippen LogP contribution in [0.15, 0.2) is 24.4 Å². The van der Waals surface area contributed by atoms with E-state index in [0.717, 1.165) is 12.8 Å². The highest BCUT2D eigenvalue weighted by atomic mass is 19.1. The zero-order valence-corrected chi connectivity index (χ0v) is 16.0. The number of carbonyl (C=O) groups is 1. The molecule has 0 atom stereocenters. The van der Waals surface area contributed by atoms with E-state index in [-0.39, 0.29) is 29.4 Å². The van der Waals surface area contributed by atoms with Gasteiger partial charge in [-0.05, 0) is 49.7 Å². The van der Waals surface area contributed by atoms with Crippen molar-refractivity contribution >= 4 is 11.7 Å². The summed E-state index contributed by atoms with van der Waals surface area (Å²) in [4.78, 5) is 20.9. The molecule has 0 bridgehead atoms. The molecule has 8 heteroatoms. The Kier molecular flexibility index (Phi) is 5.60. The summed E-state index contributed by atoms with van der Waals surface area (Å²) in [6.07, 6.45) is 5.11. The largest absolute Gasteiger partial charge is 0.481 e. The molecule has 1 aromatic carbocycles. The van der Waals surface area contributed by atoms with Crippen molar-refractivity contribution in [1.29, 1.82) is 0 Å². The second-order valence-corrected chi connectivity index (χ2v) is 7.79. The van der Waals surface area contributed by atoms with Crippen molar-refractivity contribution in [3.8, 4) is 17.3 Å². The van der Waals surface area contributed by atoms with Gasteiger partial charge in [0.1, 0.15) is 17.3 Å². The van der Waals surface area contributed by atoms with E-state index in [9.17, 15) is 13.6 Å². The highest BCUT2D eigenvalue weighted by molar-refractivity contribution is 5.67. The first-order valence-electron chi connectivity index (χ1n) is 9.91. The van der Waals surface area contributed by atoms with Crippen LogP contribution in [0.25, 0.3) is 11.4 Å². The van der Waals surface area contributed by atoms with E-state index in [4.69, 9.17) is 9.84 Å². The van der Waals surface area contributed by atoms with E-state index in [1.165, 1.54) is 18.3 Å². The molecule has 154 valence electrons. The fourth-order valence-electron chi connectivity index (χ4n) is 3.65. The second kappa shape index (κ2) is 8.31. The number of hydrogen-bond donors (Lipinski definition) is 1. The van der Waals surface area contributed by atoms with E-state index in [1.807, 2.05) is 0 Å². The maximum atomic E-state index is 14.8. The summed E-state index contributed by atoms with van der Waals surface area (Å²) in [6, 6.07) is 4.11. The van der Waals surface area contributed by atoms with Crippen LogP contribution in [0.1, 0.15) is 32.1 Å². The van der Waals surface area contributed by atoms with Crippen LogP contribution in [-0.4, -0.2) is 40.7 Å². The van der Waals surface area contributed by atoms with Crippen LogP contribution in [-0.2, 0) is 4.79 Å². The summed E-state index contributed by atoms with van der Waals surface area (Å²) in [5.41, 5.74) is 0.171. The smallest absolute Gasteiger partial charge is 0.303 e. The highest BCUT2D eigenvalue weighted by Crippen LogP contribution is 2.33. The average Bonchev–Trinajstić information content (AvgIpc) is 3.51. The summed E-state index contributed by atoms with van der Waals surface area (Å²) in [5.74, 6) is -0.971. The summed E-state index contributed by atoms with van der Waals surface area (Å²) >= 11 is 0. The molecule has 29 heavy (non-hydrogen) atoms. The van der Waals surface area contributed by atoms with Crippen LogP contribution in [0, 0.1) is 23.5 Å². The molecule has 0 amide bonds. The standard InChI is InChI=1S/C21H23F2N3O3/c22-16-10-15(21-24-6-3-18(25-21)29-12-14-1-2-14)11-17(23)20(16)26-7-4-13(5-8-26)9-19(27)28/h3,6,10-11,13-14H,1-2,4-5,7-9,12H2,(H,27,28). The number of ether oxygens (including phenoxy) is 1. The quantitative estimate of drug-likeness (QED) is 0.756. The molecule has 0 radical (unpaired) electrons. The number of anilines is 1. The van der Waals surface area contributed by atoms with Gasteiger partial charge in [0.25, 0.3) is 0 Å². The van der Waals surface area contributed by atoms with Crippen LogP contribution < -0.4 is 9.64 Å². The van der Waals surface area contributed by atoms with Crippen LogP contribution in [0.2, 0.25) is 0 Å². The van der Waals surface area contributed by atoms with E-state index in [0.29, 0.717) is 44.3 Å². The van der Waals surface area contributed by atoms with Gasteiger partial charge in [0.05, 0.1) is 6.61 Å². The number of benzene rings is 1. The number of nitrogens with zero attached hydrogens (tertiary/aromatic N) is 3. The lowest BCUT2D eigenvalue weighted by Gasteiger charge is -2.33. The van der Waals surface area contributed by atoms with Crippen LogP contribution in [0.5, 0.6) is 5.88 Å². The van der Waals surface area contributed by atoms with Gasteiger partial charge in [-0.3, -0.25) is 4.79 Å². The normalized spacial score (nSPS) is 17.4. The van der Waals surface area contributed by atoms with Crippen molar-refractivity contribution in [1.82, 2.24) is 9.97 Å². The maximum absolute atomic E-state index is 14.8. The summed E-state index contributed by atoms with van der Waals surface area (Å²) in [5, 5.41) is 8.90. The van der Waals surface area contributed by atoms with Gasteiger partial charge in [0, 0.05) is 37.3 Å². The van der Waals surface area contributed by atoms with E-state index in [1.54, 1.807) is 11.0 Å². The Morgan fingerprint density at radius 1 is 1.14 bits per heavy atom. The van der Waals surface area contributed by atoms with Gasteiger partial charge in [-0.25, -0.2) is 13.8 Å². The first-order chi connectivity index (χ1) is 14.0. The lowest BCUT2D eigenvalue weighted by molar-refractivity contribution is -0.138. The minimum Gasteiger partial charge on any atom is -0.481 e. The summed E-state index contributed by atoms with van der Waals surface area (Å²) < 4.78 is 35.2. The number of carboxylic acid groups (broad SMARTS) is 1. The molecule has 1 N–H and O–H groups in total. The molecule has 1 aromatic heterocycles. The third-order valence-corrected chi connectivity index (χ3v) is 5.46. The van der Waals surface area contributed by atoms with Crippen molar-refractivity contribution in [3.05, 3.63) is 36.0 Å².